The summed E-state index contributed by atoms with van der Waals surface area (Å²) in [6.45, 7) is 0.844. The molecule has 1 amide bonds. The molecule has 0 saturated carbocycles. The van der Waals surface area contributed by atoms with Gasteiger partial charge in [0.15, 0.2) is 18.1 Å². The molecule has 2 rings (SSSR count). The zero-order chi connectivity index (χ0) is 22.1. The number of anilines is 1. The Morgan fingerprint density at radius 3 is 2.30 bits per heavy atom. The second kappa shape index (κ2) is 11.2. The molecule has 0 atom stereocenters. The lowest BCUT2D eigenvalue weighted by molar-refractivity contribution is -0.119. The summed E-state index contributed by atoms with van der Waals surface area (Å²) in [5.74, 6) is -0.716. The van der Waals surface area contributed by atoms with Gasteiger partial charge in [0.05, 0.1) is 23.8 Å². The lowest BCUT2D eigenvalue weighted by Gasteiger charge is -2.12. The van der Waals surface area contributed by atoms with E-state index >= 15 is 0 Å². The van der Waals surface area contributed by atoms with Crippen LogP contribution < -0.4 is 19.5 Å². The Labute approximate surface area is 176 Å². The van der Waals surface area contributed by atoms with Gasteiger partial charge >= 0.3 is 12.6 Å². The molecule has 0 radical (unpaired) electrons. The fourth-order valence-corrected chi connectivity index (χ4v) is 2.58. The van der Waals surface area contributed by atoms with E-state index in [1.54, 1.807) is 13.0 Å². The van der Waals surface area contributed by atoms with E-state index in [9.17, 15) is 18.4 Å². The Morgan fingerprint density at radius 1 is 1.00 bits per heavy atom. The largest absolute Gasteiger partial charge is 0.490 e. The molecule has 7 nitrogen and oxygen atoms in total. The van der Waals surface area contributed by atoms with Gasteiger partial charge in [-0.1, -0.05) is 11.6 Å². The SMILES string of the molecule is CCOc1ccc(C(=O)OCC(=O)Nc2ccc(OC(F)F)c(Cl)c2)cc1OCC. The van der Waals surface area contributed by atoms with E-state index in [2.05, 4.69) is 10.1 Å². The van der Waals surface area contributed by atoms with Crippen molar-refractivity contribution in [2.24, 2.45) is 0 Å². The van der Waals surface area contributed by atoms with Crippen molar-refractivity contribution in [1.29, 1.82) is 0 Å². The fourth-order valence-electron chi connectivity index (χ4n) is 2.36. The van der Waals surface area contributed by atoms with Crippen LogP contribution in [0.15, 0.2) is 36.4 Å². The monoisotopic (exact) mass is 443 g/mol. The van der Waals surface area contributed by atoms with Crippen molar-refractivity contribution in [2.75, 3.05) is 25.1 Å². The number of carbonyl (C=O) groups excluding carboxylic acids is 2. The molecule has 0 spiro atoms. The van der Waals surface area contributed by atoms with Crippen LogP contribution in [0.3, 0.4) is 0 Å². The molecular formula is C20H20ClF2NO6. The molecule has 162 valence electrons. The summed E-state index contributed by atoms with van der Waals surface area (Å²) in [4.78, 5) is 24.2. The van der Waals surface area contributed by atoms with Crippen molar-refractivity contribution < 1.29 is 37.3 Å². The van der Waals surface area contributed by atoms with Gasteiger partial charge in [0, 0.05) is 5.69 Å². The normalized spacial score (nSPS) is 10.5. The van der Waals surface area contributed by atoms with Crippen molar-refractivity contribution in [3.8, 4) is 17.2 Å². The molecule has 2 aromatic carbocycles. The van der Waals surface area contributed by atoms with Gasteiger partial charge < -0.3 is 24.3 Å². The first-order valence-corrected chi connectivity index (χ1v) is 9.32. The minimum absolute atomic E-state index is 0.108. The van der Waals surface area contributed by atoms with E-state index in [0.29, 0.717) is 24.7 Å². The quantitative estimate of drug-likeness (QED) is 0.543. The van der Waals surface area contributed by atoms with Crippen LogP contribution in [0.4, 0.5) is 14.5 Å². The second-order valence-corrected chi connectivity index (χ2v) is 6.08. The number of esters is 1. The molecule has 2 aromatic rings. The molecule has 30 heavy (non-hydrogen) atoms. The Bertz CT molecular complexity index is 894. The maximum Gasteiger partial charge on any atom is 0.387 e. The summed E-state index contributed by atoms with van der Waals surface area (Å²) in [6.07, 6.45) is 0. The lowest BCUT2D eigenvalue weighted by atomic mass is 10.2. The van der Waals surface area contributed by atoms with Gasteiger partial charge in [0.25, 0.3) is 5.91 Å². The lowest BCUT2D eigenvalue weighted by Crippen LogP contribution is -2.21. The van der Waals surface area contributed by atoms with Crippen molar-refractivity contribution in [3.05, 3.63) is 47.0 Å². The molecule has 0 heterocycles. The van der Waals surface area contributed by atoms with Crippen LogP contribution in [0.5, 0.6) is 17.2 Å². The number of hydrogen-bond acceptors (Lipinski definition) is 6. The highest BCUT2D eigenvalue weighted by molar-refractivity contribution is 6.32. The third kappa shape index (κ3) is 6.77. The van der Waals surface area contributed by atoms with E-state index in [0.717, 1.165) is 0 Å². The molecule has 0 aliphatic rings. The van der Waals surface area contributed by atoms with E-state index in [1.807, 2.05) is 6.92 Å². The molecule has 0 bridgehead atoms. The molecule has 10 heteroatoms. The third-order valence-corrected chi connectivity index (χ3v) is 3.84. The second-order valence-electron chi connectivity index (χ2n) is 5.68. The first-order chi connectivity index (χ1) is 14.3. The van der Waals surface area contributed by atoms with Crippen LogP contribution in [0, 0.1) is 0 Å². The van der Waals surface area contributed by atoms with Crippen molar-refractivity contribution in [1.82, 2.24) is 0 Å². The summed E-state index contributed by atoms with van der Waals surface area (Å²) < 4.78 is 44.6. The van der Waals surface area contributed by atoms with Crippen LogP contribution in [0.1, 0.15) is 24.2 Å². The number of alkyl halides is 2. The third-order valence-electron chi connectivity index (χ3n) is 3.55. The van der Waals surface area contributed by atoms with Crippen LogP contribution in [0.2, 0.25) is 5.02 Å². The maximum absolute atomic E-state index is 12.2. The fraction of sp³-hybridized carbons (Fsp3) is 0.300. The predicted molar refractivity (Wildman–Crippen MR) is 106 cm³/mol. The molecule has 0 aliphatic carbocycles. The van der Waals surface area contributed by atoms with Crippen LogP contribution in [-0.4, -0.2) is 38.3 Å². The molecule has 0 unspecified atom stereocenters. The van der Waals surface area contributed by atoms with Crippen molar-refractivity contribution in [2.45, 2.75) is 20.5 Å². The Balaban J connectivity index is 1.95. The average Bonchev–Trinajstić information content (AvgIpc) is 2.69. The highest BCUT2D eigenvalue weighted by Gasteiger charge is 2.15. The van der Waals surface area contributed by atoms with Crippen LogP contribution in [-0.2, 0) is 9.53 Å². The molecular weight excluding hydrogens is 424 g/mol. The van der Waals surface area contributed by atoms with Crippen LogP contribution >= 0.6 is 11.6 Å². The summed E-state index contributed by atoms with van der Waals surface area (Å²) in [5, 5.41) is 2.33. The highest BCUT2D eigenvalue weighted by atomic mass is 35.5. The standard InChI is InChI=1S/C20H20ClF2NO6/c1-3-27-16-7-5-12(9-17(16)28-4-2)19(26)29-11-18(25)24-13-6-8-15(14(21)10-13)30-20(22)23/h5-10,20H,3-4,11H2,1-2H3,(H,24,25). The number of rotatable bonds is 10. The number of carbonyl (C=O) groups is 2. The van der Waals surface area contributed by atoms with E-state index in [1.165, 1.54) is 30.3 Å². The number of amides is 1. The van der Waals surface area contributed by atoms with Gasteiger partial charge in [0.2, 0.25) is 0 Å². The maximum atomic E-state index is 12.2. The molecule has 0 aliphatic heterocycles. The first-order valence-electron chi connectivity index (χ1n) is 8.95. The Hall–Kier alpha value is -3.07. The summed E-state index contributed by atoms with van der Waals surface area (Å²) in [6, 6.07) is 8.29. The first kappa shape index (κ1) is 23.2. The summed E-state index contributed by atoms with van der Waals surface area (Å²) in [7, 11) is 0. The topological polar surface area (TPSA) is 83.1 Å². The minimum atomic E-state index is -3.02. The predicted octanol–water partition coefficient (Wildman–Crippen LogP) is 4.53. The smallest absolute Gasteiger partial charge is 0.387 e. The Morgan fingerprint density at radius 2 is 1.67 bits per heavy atom. The molecule has 0 aromatic heterocycles. The van der Waals surface area contributed by atoms with Crippen LogP contribution in [0.25, 0.3) is 0 Å². The van der Waals surface area contributed by atoms with E-state index in [-0.39, 0.29) is 22.0 Å². The van der Waals surface area contributed by atoms with Crippen molar-refractivity contribution in [3.63, 3.8) is 0 Å². The minimum Gasteiger partial charge on any atom is -0.490 e. The number of hydrogen-bond donors (Lipinski definition) is 1. The number of benzene rings is 2. The van der Waals surface area contributed by atoms with Gasteiger partial charge in [-0.05, 0) is 50.2 Å². The van der Waals surface area contributed by atoms with E-state index in [4.69, 9.17) is 25.8 Å². The number of ether oxygens (including phenoxy) is 4. The zero-order valence-electron chi connectivity index (χ0n) is 16.2. The number of halogens is 3. The van der Waals surface area contributed by atoms with Gasteiger partial charge in [-0.15, -0.1) is 0 Å². The van der Waals surface area contributed by atoms with Gasteiger partial charge in [-0.25, -0.2) is 4.79 Å². The summed E-state index contributed by atoms with van der Waals surface area (Å²) >= 11 is 5.82. The van der Waals surface area contributed by atoms with Gasteiger partial charge in [-0.3, -0.25) is 4.79 Å². The summed E-state index contributed by atoms with van der Waals surface area (Å²) in [5.41, 5.74) is 0.411. The Kier molecular flexibility index (Phi) is 8.67. The number of nitrogens with one attached hydrogen (secondary N) is 1. The average molecular weight is 444 g/mol. The van der Waals surface area contributed by atoms with E-state index < -0.39 is 25.1 Å². The molecule has 0 saturated heterocycles. The molecule has 0 fully saturated rings. The van der Waals surface area contributed by atoms with Gasteiger partial charge in [0.1, 0.15) is 5.75 Å². The van der Waals surface area contributed by atoms with Crippen molar-refractivity contribution >= 4 is 29.2 Å². The molecule has 1 N–H and O–H groups in total. The highest BCUT2D eigenvalue weighted by Crippen LogP contribution is 2.30. The van der Waals surface area contributed by atoms with Gasteiger partial charge in [-0.2, -0.15) is 8.78 Å². The zero-order valence-corrected chi connectivity index (χ0v) is 17.0.